The van der Waals surface area contributed by atoms with Gasteiger partial charge in [-0.25, -0.2) is 0 Å². The molecule has 0 aliphatic carbocycles. The Kier molecular flexibility index (Phi) is 1.02. The summed E-state index contributed by atoms with van der Waals surface area (Å²) >= 11 is 0. The number of fused-ring (bicyclic) bond motifs is 1. The zero-order valence-electron chi connectivity index (χ0n) is 6.65. The van der Waals surface area contributed by atoms with Crippen LogP contribution in [0.15, 0.2) is 0 Å². The second-order valence-electron chi connectivity index (χ2n) is 3.79. The molecule has 0 saturated carbocycles. The number of nitrogens with one attached hydrogen (secondary N) is 1. The first-order chi connectivity index (χ1) is 4.58. The minimum Gasteiger partial charge on any atom is -0.312 e. The van der Waals surface area contributed by atoms with E-state index in [1.165, 1.54) is 0 Å². The summed E-state index contributed by atoms with van der Waals surface area (Å²) in [4.78, 5) is 2.23. The standard InChI is InChI=1S/C7H15N3/c1-6-5-10(2)7(6,8)3-4-9-6/h9H,3-5,8H2,1-2H3/t6-,7-/m1/s1. The molecule has 0 aromatic heterocycles. The van der Waals surface area contributed by atoms with Crippen LogP contribution in [-0.4, -0.2) is 36.2 Å². The predicted octanol–water partition coefficient (Wildman–Crippen LogP) is -0.661. The van der Waals surface area contributed by atoms with Gasteiger partial charge in [0.2, 0.25) is 0 Å². The van der Waals surface area contributed by atoms with Crippen molar-refractivity contribution < 1.29 is 0 Å². The van der Waals surface area contributed by atoms with Crippen LogP contribution in [0.3, 0.4) is 0 Å². The van der Waals surface area contributed by atoms with Gasteiger partial charge in [0.1, 0.15) is 0 Å². The van der Waals surface area contributed by atoms with E-state index in [0.29, 0.717) is 0 Å². The first kappa shape index (κ1) is 6.58. The Morgan fingerprint density at radius 3 is 2.70 bits per heavy atom. The summed E-state index contributed by atoms with van der Waals surface area (Å²) in [6.07, 6.45) is 1.08. The van der Waals surface area contributed by atoms with E-state index in [4.69, 9.17) is 5.73 Å². The van der Waals surface area contributed by atoms with Crippen LogP contribution in [0.1, 0.15) is 13.3 Å². The van der Waals surface area contributed by atoms with Crippen molar-refractivity contribution in [2.45, 2.75) is 24.5 Å². The second-order valence-corrected chi connectivity index (χ2v) is 3.79. The van der Waals surface area contributed by atoms with Crippen LogP contribution < -0.4 is 11.1 Å². The molecule has 2 rings (SSSR count). The van der Waals surface area contributed by atoms with Crippen LogP contribution in [-0.2, 0) is 0 Å². The molecule has 58 valence electrons. The number of likely N-dealkylation sites (tertiary alicyclic amines) is 1. The second kappa shape index (κ2) is 1.55. The van der Waals surface area contributed by atoms with E-state index >= 15 is 0 Å². The summed E-state index contributed by atoms with van der Waals surface area (Å²) in [5.41, 5.74) is 6.30. The predicted molar refractivity (Wildman–Crippen MR) is 40.6 cm³/mol. The first-order valence-electron chi connectivity index (χ1n) is 3.84. The Bertz CT molecular complexity index is 170. The van der Waals surface area contributed by atoms with Crippen molar-refractivity contribution in [2.75, 3.05) is 20.1 Å². The number of likely N-dealkylation sites (N-methyl/N-ethyl adjacent to an activating group) is 1. The van der Waals surface area contributed by atoms with Crippen molar-refractivity contribution in [2.24, 2.45) is 5.73 Å². The minimum absolute atomic E-state index is 0.0486. The molecule has 3 nitrogen and oxygen atoms in total. The van der Waals surface area contributed by atoms with Crippen LogP contribution in [0.5, 0.6) is 0 Å². The van der Waals surface area contributed by atoms with Gasteiger partial charge in [0, 0.05) is 6.54 Å². The van der Waals surface area contributed by atoms with Crippen molar-refractivity contribution in [3.05, 3.63) is 0 Å². The highest BCUT2D eigenvalue weighted by atomic mass is 15.4. The zero-order chi connectivity index (χ0) is 7.41. The fourth-order valence-electron chi connectivity index (χ4n) is 2.29. The van der Waals surface area contributed by atoms with Gasteiger partial charge in [0.15, 0.2) is 0 Å². The van der Waals surface area contributed by atoms with Crippen molar-refractivity contribution in [3.63, 3.8) is 0 Å². The largest absolute Gasteiger partial charge is 0.312 e. The minimum atomic E-state index is -0.0486. The molecule has 2 fully saturated rings. The Morgan fingerprint density at radius 2 is 2.30 bits per heavy atom. The summed E-state index contributed by atoms with van der Waals surface area (Å²) < 4.78 is 0. The van der Waals surface area contributed by atoms with Crippen LogP contribution in [0.2, 0.25) is 0 Å². The maximum absolute atomic E-state index is 6.15. The Balaban J connectivity index is 2.27. The number of nitrogens with zero attached hydrogens (tertiary/aromatic N) is 1. The van der Waals surface area contributed by atoms with E-state index in [0.717, 1.165) is 19.5 Å². The molecule has 10 heavy (non-hydrogen) atoms. The van der Waals surface area contributed by atoms with E-state index in [-0.39, 0.29) is 11.2 Å². The Labute approximate surface area is 61.6 Å². The molecular formula is C7H15N3. The maximum Gasteiger partial charge on any atom is 0.0894 e. The molecule has 0 radical (unpaired) electrons. The lowest BCUT2D eigenvalue weighted by Gasteiger charge is -2.58. The van der Waals surface area contributed by atoms with Crippen LogP contribution in [0, 0.1) is 0 Å². The molecular weight excluding hydrogens is 126 g/mol. The van der Waals surface area contributed by atoms with Gasteiger partial charge in [-0.1, -0.05) is 0 Å². The van der Waals surface area contributed by atoms with Gasteiger partial charge in [0.25, 0.3) is 0 Å². The highest BCUT2D eigenvalue weighted by Crippen LogP contribution is 2.40. The molecule has 0 amide bonds. The van der Waals surface area contributed by atoms with Gasteiger partial charge in [-0.2, -0.15) is 0 Å². The van der Waals surface area contributed by atoms with E-state index in [2.05, 4.69) is 24.2 Å². The molecule has 2 heterocycles. The lowest BCUT2D eigenvalue weighted by atomic mass is 9.78. The van der Waals surface area contributed by atoms with Gasteiger partial charge in [-0.15, -0.1) is 0 Å². The summed E-state index contributed by atoms with van der Waals surface area (Å²) in [5, 5.41) is 3.44. The zero-order valence-corrected chi connectivity index (χ0v) is 6.65. The molecule has 2 aliphatic heterocycles. The summed E-state index contributed by atoms with van der Waals surface area (Å²) in [6, 6.07) is 0. The molecule has 2 saturated heterocycles. The topological polar surface area (TPSA) is 41.3 Å². The summed E-state index contributed by atoms with van der Waals surface area (Å²) in [7, 11) is 2.09. The Hall–Kier alpha value is -0.120. The van der Waals surface area contributed by atoms with E-state index < -0.39 is 0 Å². The van der Waals surface area contributed by atoms with Crippen molar-refractivity contribution in [3.8, 4) is 0 Å². The third-order valence-electron chi connectivity index (χ3n) is 3.21. The normalized spacial score (nSPS) is 54.3. The smallest absolute Gasteiger partial charge is 0.0894 e. The maximum atomic E-state index is 6.15. The first-order valence-corrected chi connectivity index (χ1v) is 3.84. The van der Waals surface area contributed by atoms with E-state index in [9.17, 15) is 0 Å². The number of hydrogen-bond donors (Lipinski definition) is 2. The summed E-state index contributed by atoms with van der Waals surface area (Å²) in [5.74, 6) is 0. The average molecular weight is 141 g/mol. The van der Waals surface area contributed by atoms with Crippen LogP contribution in [0.4, 0.5) is 0 Å². The third kappa shape index (κ3) is 0.480. The average Bonchev–Trinajstić information content (AvgIpc) is 2.07. The molecule has 0 unspecified atom stereocenters. The van der Waals surface area contributed by atoms with Gasteiger partial charge in [-0.3, -0.25) is 4.90 Å². The van der Waals surface area contributed by atoms with Crippen LogP contribution in [0.25, 0.3) is 0 Å². The van der Waals surface area contributed by atoms with Crippen LogP contribution >= 0.6 is 0 Å². The quantitative estimate of drug-likeness (QED) is 0.470. The lowest BCUT2D eigenvalue weighted by Crippen LogP contribution is -2.81. The van der Waals surface area contributed by atoms with Crippen molar-refractivity contribution >= 4 is 0 Å². The monoisotopic (exact) mass is 141 g/mol. The molecule has 0 aromatic carbocycles. The molecule has 2 atom stereocenters. The summed E-state index contributed by atoms with van der Waals surface area (Å²) in [6.45, 7) is 4.36. The number of hydrogen-bond acceptors (Lipinski definition) is 3. The van der Waals surface area contributed by atoms with Gasteiger partial charge in [0.05, 0.1) is 11.2 Å². The molecule has 2 aliphatic rings. The molecule has 0 aromatic rings. The third-order valence-corrected chi connectivity index (χ3v) is 3.21. The molecule has 3 heteroatoms. The van der Waals surface area contributed by atoms with Gasteiger partial charge >= 0.3 is 0 Å². The van der Waals surface area contributed by atoms with Crippen molar-refractivity contribution in [1.29, 1.82) is 0 Å². The lowest BCUT2D eigenvalue weighted by molar-refractivity contribution is -0.0594. The number of nitrogens with two attached hydrogens (primary N) is 1. The fourth-order valence-corrected chi connectivity index (χ4v) is 2.29. The molecule has 0 bridgehead atoms. The Morgan fingerprint density at radius 1 is 1.60 bits per heavy atom. The van der Waals surface area contributed by atoms with E-state index in [1.807, 2.05) is 0 Å². The van der Waals surface area contributed by atoms with Gasteiger partial charge in [-0.05, 0) is 26.9 Å². The van der Waals surface area contributed by atoms with Gasteiger partial charge < -0.3 is 11.1 Å². The molecule has 3 N–H and O–H groups in total. The van der Waals surface area contributed by atoms with E-state index in [1.54, 1.807) is 0 Å². The number of rotatable bonds is 0. The highest BCUT2D eigenvalue weighted by Gasteiger charge is 2.60. The SMILES string of the molecule is CN1C[C@@]2(C)NCC[C@@]12N. The fraction of sp³-hybridized carbons (Fsp3) is 1.00. The van der Waals surface area contributed by atoms with Crippen molar-refractivity contribution in [1.82, 2.24) is 10.2 Å². The molecule has 0 spiro atoms. The highest BCUT2D eigenvalue weighted by molar-refractivity contribution is 5.19.